The predicted molar refractivity (Wildman–Crippen MR) is 156 cm³/mol. The molecule has 0 saturated carbocycles. The maximum atomic E-state index is 14.4. The van der Waals surface area contributed by atoms with Gasteiger partial charge in [-0.05, 0) is 88.2 Å². The fourth-order valence-electron chi connectivity index (χ4n) is 6.32. The van der Waals surface area contributed by atoms with Crippen molar-refractivity contribution in [2.75, 3.05) is 39.5 Å². The third kappa shape index (κ3) is 5.66. The van der Waals surface area contributed by atoms with Gasteiger partial charge in [0.25, 0.3) is 5.91 Å². The van der Waals surface area contributed by atoms with Gasteiger partial charge in [-0.3, -0.25) is 14.7 Å². The van der Waals surface area contributed by atoms with Gasteiger partial charge >= 0.3 is 0 Å². The monoisotopic (exact) mass is 569 g/mol. The van der Waals surface area contributed by atoms with E-state index in [9.17, 15) is 17.6 Å². The van der Waals surface area contributed by atoms with Gasteiger partial charge in [-0.25, -0.2) is 17.1 Å². The predicted octanol–water partition coefficient (Wildman–Crippen LogP) is 4.24. The highest BCUT2D eigenvalue weighted by atomic mass is 32.2. The van der Waals surface area contributed by atoms with Crippen LogP contribution >= 0.6 is 0 Å². The topological polar surface area (TPSA) is 78.8 Å². The number of halogens is 1. The van der Waals surface area contributed by atoms with Crippen molar-refractivity contribution in [2.24, 2.45) is 5.92 Å². The summed E-state index contributed by atoms with van der Waals surface area (Å²) in [6.07, 6.45) is 10.8. The molecule has 1 aromatic carbocycles. The van der Waals surface area contributed by atoms with E-state index in [0.29, 0.717) is 36.3 Å². The van der Waals surface area contributed by atoms with Crippen LogP contribution in [0.1, 0.15) is 54.6 Å². The van der Waals surface area contributed by atoms with Crippen molar-refractivity contribution >= 4 is 26.8 Å². The number of carbonyl (C=O) groups excluding carboxylic acids is 1. The van der Waals surface area contributed by atoms with Crippen molar-refractivity contribution in [1.29, 1.82) is 0 Å². The van der Waals surface area contributed by atoms with Crippen molar-refractivity contribution in [2.45, 2.75) is 58.5 Å². The number of amides is 1. The molecule has 2 aromatic heterocycles. The molecule has 1 amide bonds. The molecule has 0 spiro atoms. The molecule has 1 atom stereocenters. The summed E-state index contributed by atoms with van der Waals surface area (Å²) in [5.41, 5.74) is 4.16. The molecule has 0 radical (unpaired) electrons. The number of aryl methyl sites for hydroxylation is 1. The van der Waals surface area contributed by atoms with Crippen LogP contribution in [0.3, 0.4) is 0 Å². The normalized spacial score (nSPS) is 19.6. The second-order valence-corrected chi connectivity index (χ2v) is 13.8. The number of hydrogen-bond donors (Lipinski definition) is 0. The smallest absolute Gasteiger partial charge is 0.256 e. The second-order valence-electron chi connectivity index (χ2n) is 11.8. The van der Waals surface area contributed by atoms with Crippen molar-refractivity contribution < 1.29 is 17.6 Å². The molecular formula is C30H40FN5O3S. The van der Waals surface area contributed by atoms with Crippen LogP contribution in [-0.4, -0.2) is 89.5 Å². The molecule has 8 nitrogen and oxygen atoms in total. The van der Waals surface area contributed by atoms with E-state index in [1.54, 1.807) is 22.3 Å². The minimum absolute atomic E-state index is 0.0200. The molecule has 2 aliphatic rings. The number of hydrogen-bond acceptors (Lipinski definition) is 5. The standard InChI is InChI=1S/C30H40FN5O3S/c1-20(2)33(4)30(37)26-15-24(31)6-7-27(26)36-19-23(29-21(3)16-32-17-28(29)36)14-22-8-11-34(18-22)25-9-12-35(13-10-25)40(5,38)39/h6-7,15-17,19-20,22,25H,8-14,18H2,1-5H3/t22-/m0/s1. The molecule has 2 fully saturated rings. The first-order valence-corrected chi connectivity index (χ1v) is 16.0. The number of carbonyl (C=O) groups is 1. The summed E-state index contributed by atoms with van der Waals surface area (Å²) >= 11 is 0. The molecule has 4 heterocycles. The zero-order valence-electron chi connectivity index (χ0n) is 24.1. The van der Waals surface area contributed by atoms with Crippen molar-refractivity contribution in [1.82, 2.24) is 23.7 Å². The van der Waals surface area contributed by atoms with E-state index in [0.717, 1.165) is 55.2 Å². The molecule has 3 aromatic rings. The summed E-state index contributed by atoms with van der Waals surface area (Å²) in [6.45, 7) is 9.12. The summed E-state index contributed by atoms with van der Waals surface area (Å²) in [5.74, 6) is -0.188. The lowest BCUT2D eigenvalue weighted by atomic mass is 9.97. The van der Waals surface area contributed by atoms with Crippen LogP contribution in [0.15, 0.2) is 36.8 Å². The molecule has 0 unspecified atom stereocenters. The van der Waals surface area contributed by atoms with Crippen molar-refractivity contribution in [3.63, 3.8) is 0 Å². The molecule has 5 rings (SSSR count). The van der Waals surface area contributed by atoms with Crippen LogP contribution in [0.2, 0.25) is 0 Å². The fraction of sp³-hybridized carbons (Fsp3) is 0.533. The zero-order valence-corrected chi connectivity index (χ0v) is 24.9. The van der Waals surface area contributed by atoms with Gasteiger partial charge in [-0.15, -0.1) is 0 Å². The Morgan fingerprint density at radius 1 is 1.15 bits per heavy atom. The minimum Gasteiger partial charge on any atom is -0.339 e. The van der Waals surface area contributed by atoms with Crippen LogP contribution in [0.25, 0.3) is 16.6 Å². The van der Waals surface area contributed by atoms with Gasteiger partial charge in [0.1, 0.15) is 5.82 Å². The van der Waals surface area contributed by atoms with Crippen LogP contribution in [0.4, 0.5) is 4.39 Å². The lowest BCUT2D eigenvalue weighted by molar-refractivity contribution is 0.0754. The molecule has 2 aliphatic heterocycles. The molecular weight excluding hydrogens is 529 g/mol. The average molecular weight is 570 g/mol. The Balaban J connectivity index is 1.41. The van der Waals surface area contributed by atoms with Gasteiger partial charge in [0.15, 0.2) is 0 Å². The number of nitrogens with zero attached hydrogens (tertiary/aromatic N) is 5. The Labute approximate surface area is 236 Å². The molecule has 0 N–H and O–H groups in total. The second kappa shape index (κ2) is 11.2. The summed E-state index contributed by atoms with van der Waals surface area (Å²) in [4.78, 5) is 22.0. The van der Waals surface area contributed by atoms with Crippen LogP contribution in [0, 0.1) is 18.7 Å². The maximum absolute atomic E-state index is 14.4. The Kier molecular flexibility index (Phi) is 8.05. The first-order chi connectivity index (χ1) is 18.9. The lowest BCUT2D eigenvalue weighted by Crippen LogP contribution is -2.45. The third-order valence-electron chi connectivity index (χ3n) is 8.76. The zero-order chi connectivity index (χ0) is 28.8. The van der Waals surface area contributed by atoms with Gasteiger partial charge in [-0.1, -0.05) is 0 Å². The number of rotatable bonds is 7. The Morgan fingerprint density at radius 3 is 2.55 bits per heavy atom. The summed E-state index contributed by atoms with van der Waals surface area (Å²) in [6, 6.07) is 4.81. The first kappa shape index (κ1) is 28.7. The van der Waals surface area contributed by atoms with E-state index < -0.39 is 15.8 Å². The number of aromatic nitrogens is 2. The number of likely N-dealkylation sites (tertiary alicyclic amines) is 1. The summed E-state index contributed by atoms with van der Waals surface area (Å²) in [7, 11) is -1.39. The molecule has 2 saturated heterocycles. The number of benzene rings is 1. The van der Waals surface area contributed by atoms with Crippen LogP contribution < -0.4 is 0 Å². The molecule has 0 aliphatic carbocycles. The SMILES string of the molecule is Cc1cncc2c1c(C[C@@H]1CCN(C3CCN(S(C)(=O)=O)CC3)C1)cn2-c1ccc(F)cc1C(=O)N(C)C(C)C. The summed E-state index contributed by atoms with van der Waals surface area (Å²) in [5, 5.41) is 1.13. The molecule has 10 heteroatoms. The highest BCUT2D eigenvalue weighted by Crippen LogP contribution is 2.33. The Bertz CT molecular complexity index is 1510. The highest BCUT2D eigenvalue weighted by molar-refractivity contribution is 7.88. The van der Waals surface area contributed by atoms with Crippen molar-refractivity contribution in [3.8, 4) is 5.69 Å². The van der Waals surface area contributed by atoms with E-state index in [4.69, 9.17) is 0 Å². The van der Waals surface area contributed by atoms with E-state index in [2.05, 4.69) is 23.0 Å². The number of piperidine rings is 1. The fourth-order valence-corrected chi connectivity index (χ4v) is 7.19. The maximum Gasteiger partial charge on any atom is 0.256 e. The van der Waals surface area contributed by atoms with Gasteiger partial charge in [0.05, 0.1) is 29.2 Å². The van der Waals surface area contributed by atoms with Crippen molar-refractivity contribution in [3.05, 3.63) is 59.3 Å². The van der Waals surface area contributed by atoms with Crippen LogP contribution in [0.5, 0.6) is 0 Å². The molecule has 0 bridgehead atoms. The first-order valence-electron chi connectivity index (χ1n) is 14.1. The lowest BCUT2D eigenvalue weighted by Gasteiger charge is -2.35. The number of sulfonamides is 1. The van der Waals surface area contributed by atoms with Crippen LogP contribution in [-0.2, 0) is 16.4 Å². The third-order valence-corrected chi connectivity index (χ3v) is 10.1. The van der Waals surface area contributed by atoms with E-state index in [1.807, 2.05) is 30.8 Å². The quantitative estimate of drug-likeness (QED) is 0.425. The van der Waals surface area contributed by atoms with E-state index in [-0.39, 0.29) is 11.9 Å². The number of pyridine rings is 1. The summed E-state index contributed by atoms with van der Waals surface area (Å²) < 4.78 is 41.8. The average Bonchev–Trinajstić information content (AvgIpc) is 3.53. The van der Waals surface area contributed by atoms with Gasteiger partial charge < -0.3 is 9.47 Å². The number of fused-ring (bicyclic) bond motifs is 1. The minimum atomic E-state index is -3.13. The van der Waals surface area contributed by atoms with Gasteiger partial charge in [-0.2, -0.15) is 0 Å². The molecule has 216 valence electrons. The van der Waals surface area contributed by atoms with Gasteiger partial charge in [0.2, 0.25) is 10.0 Å². The molecule has 40 heavy (non-hydrogen) atoms. The van der Waals surface area contributed by atoms with Gasteiger partial charge in [0, 0.05) is 56.5 Å². The Morgan fingerprint density at radius 2 is 1.88 bits per heavy atom. The van der Waals surface area contributed by atoms with E-state index >= 15 is 0 Å². The highest BCUT2D eigenvalue weighted by Gasteiger charge is 2.33. The Hall–Kier alpha value is -2.82. The largest absolute Gasteiger partial charge is 0.339 e. The van der Waals surface area contributed by atoms with E-state index in [1.165, 1.54) is 24.0 Å².